The summed E-state index contributed by atoms with van der Waals surface area (Å²) in [6.07, 6.45) is -0.237. The number of hydrogen-bond donors (Lipinski definition) is 0. The number of carbonyl (C=O) groups excluding carboxylic acids is 4. The lowest BCUT2D eigenvalue weighted by atomic mass is 9.80. The Morgan fingerprint density at radius 3 is 2.15 bits per heavy atom. The molecule has 0 aromatic heterocycles. The van der Waals surface area contributed by atoms with Crippen LogP contribution in [0.5, 0.6) is 0 Å². The summed E-state index contributed by atoms with van der Waals surface area (Å²) in [7, 11) is 0. The van der Waals surface area contributed by atoms with Gasteiger partial charge in [-0.3, -0.25) is 24.1 Å². The molecule has 138 valence electrons. The van der Waals surface area contributed by atoms with Gasteiger partial charge in [-0.1, -0.05) is 60.7 Å². The molecule has 1 aliphatic heterocycles. The summed E-state index contributed by atoms with van der Waals surface area (Å²) in [5, 5.41) is 0. The lowest BCUT2D eigenvalue weighted by molar-refractivity contribution is -0.167. The van der Waals surface area contributed by atoms with Crippen molar-refractivity contribution in [1.82, 2.24) is 4.90 Å². The van der Waals surface area contributed by atoms with E-state index in [4.69, 9.17) is 4.74 Å². The molecule has 1 heterocycles. The molecule has 6 nitrogen and oxygen atoms in total. The second-order valence-electron chi connectivity index (χ2n) is 6.36. The van der Waals surface area contributed by atoms with E-state index in [-0.39, 0.29) is 18.8 Å². The molecular weight excluding hydrogens is 346 g/mol. The second-order valence-corrected chi connectivity index (χ2v) is 6.36. The first-order valence-corrected chi connectivity index (χ1v) is 8.61. The number of carbonyl (C=O) groups is 4. The van der Waals surface area contributed by atoms with Crippen molar-refractivity contribution in [2.75, 3.05) is 0 Å². The van der Waals surface area contributed by atoms with E-state index < -0.39 is 29.7 Å². The standard InChI is InChI=1S/C21H19NO5/c1-14(23)22-19(20(25)16-10-6-3-7-11-16)17(21(22)26)12-18(24)27-13-15-8-4-2-5-9-15/h2-11,17,19H,12-13H2,1H3/t17-,19-/m1/s1. The molecule has 1 saturated heterocycles. The Kier molecular flexibility index (Phi) is 5.45. The normalized spacial score (nSPS) is 18.6. The quantitative estimate of drug-likeness (QED) is 0.446. The Morgan fingerprint density at radius 2 is 1.56 bits per heavy atom. The van der Waals surface area contributed by atoms with Crippen LogP contribution in [0.3, 0.4) is 0 Å². The number of ether oxygens (including phenoxy) is 1. The fraction of sp³-hybridized carbons (Fsp3) is 0.238. The number of esters is 1. The van der Waals surface area contributed by atoms with Gasteiger partial charge < -0.3 is 4.74 Å². The third-order valence-electron chi connectivity index (χ3n) is 4.51. The van der Waals surface area contributed by atoms with Gasteiger partial charge in [0.1, 0.15) is 12.6 Å². The number of likely N-dealkylation sites (tertiary alicyclic amines) is 1. The number of β-lactam (4-membered cyclic amide) rings is 1. The highest BCUT2D eigenvalue weighted by molar-refractivity contribution is 6.14. The van der Waals surface area contributed by atoms with E-state index in [0.29, 0.717) is 5.56 Å². The van der Waals surface area contributed by atoms with Crippen molar-refractivity contribution < 1.29 is 23.9 Å². The zero-order valence-corrected chi connectivity index (χ0v) is 14.8. The number of amides is 2. The third kappa shape index (κ3) is 3.95. The maximum absolute atomic E-state index is 12.8. The molecule has 6 heteroatoms. The van der Waals surface area contributed by atoms with E-state index in [0.717, 1.165) is 10.5 Å². The molecule has 3 rings (SSSR count). The number of rotatable bonds is 6. The van der Waals surface area contributed by atoms with E-state index in [1.165, 1.54) is 6.92 Å². The summed E-state index contributed by atoms with van der Waals surface area (Å²) in [4.78, 5) is 49.9. The van der Waals surface area contributed by atoms with Crippen molar-refractivity contribution in [3.05, 3.63) is 71.8 Å². The van der Waals surface area contributed by atoms with Gasteiger partial charge in [0.25, 0.3) is 0 Å². The molecule has 0 bridgehead atoms. The number of imide groups is 1. The first-order valence-electron chi connectivity index (χ1n) is 8.61. The van der Waals surface area contributed by atoms with Gasteiger partial charge in [-0.05, 0) is 5.56 Å². The highest BCUT2D eigenvalue weighted by Gasteiger charge is 2.54. The van der Waals surface area contributed by atoms with E-state index >= 15 is 0 Å². The van der Waals surface area contributed by atoms with Gasteiger partial charge >= 0.3 is 5.97 Å². The van der Waals surface area contributed by atoms with Crippen LogP contribution in [0.25, 0.3) is 0 Å². The van der Waals surface area contributed by atoms with Crippen LogP contribution in [0.1, 0.15) is 29.3 Å². The summed E-state index contributed by atoms with van der Waals surface area (Å²) >= 11 is 0. The largest absolute Gasteiger partial charge is 0.461 e. The molecule has 0 spiro atoms. The summed E-state index contributed by atoms with van der Waals surface area (Å²) < 4.78 is 5.21. The number of benzene rings is 2. The molecular formula is C21H19NO5. The van der Waals surface area contributed by atoms with Gasteiger partial charge in [0, 0.05) is 12.5 Å². The van der Waals surface area contributed by atoms with Crippen LogP contribution in [0.15, 0.2) is 60.7 Å². The van der Waals surface area contributed by atoms with Crippen LogP contribution in [0, 0.1) is 5.92 Å². The lowest BCUT2D eigenvalue weighted by Gasteiger charge is -2.43. The molecule has 0 saturated carbocycles. The average Bonchev–Trinajstić information content (AvgIpc) is 2.69. The smallest absolute Gasteiger partial charge is 0.307 e. The molecule has 2 aromatic carbocycles. The first-order chi connectivity index (χ1) is 13.0. The molecule has 2 amide bonds. The minimum atomic E-state index is -0.971. The molecule has 1 fully saturated rings. The average molecular weight is 365 g/mol. The van der Waals surface area contributed by atoms with Crippen LogP contribution in [0.2, 0.25) is 0 Å². The Bertz CT molecular complexity index is 863. The molecule has 0 radical (unpaired) electrons. The van der Waals surface area contributed by atoms with Crippen molar-refractivity contribution in [2.45, 2.75) is 26.0 Å². The molecule has 27 heavy (non-hydrogen) atoms. The number of ketones is 1. The van der Waals surface area contributed by atoms with Crippen LogP contribution >= 0.6 is 0 Å². The number of Topliss-reactive ketones (excluding diaryl/α,β-unsaturated/α-hetero) is 1. The second kappa shape index (κ2) is 7.95. The summed E-state index contributed by atoms with van der Waals surface area (Å²) in [5.74, 6) is -2.85. The summed E-state index contributed by atoms with van der Waals surface area (Å²) in [6.45, 7) is 1.32. The Morgan fingerprint density at radius 1 is 0.963 bits per heavy atom. The fourth-order valence-electron chi connectivity index (χ4n) is 3.15. The Hall–Kier alpha value is -3.28. The van der Waals surface area contributed by atoms with Crippen LogP contribution in [-0.2, 0) is 25.7 Å². The minimum Gasteiger partial charge on any atom is -0.461 e. The number of hydrogen-bond acceptors (Lipinski definition) is 5. The predicted molar refractivity (Wildman–Crippen MR) is 96.4 cm³/mol. The van der Waals surface area contributed by atoms with Crippen molar-refractivity contribution in [3.63, 3.8) is 0 Å². The third-order valence-corrected chi connectivity index (χ3v) is 4.51. The van der Waals surface area contributed by atoms with E-state index in [1.54, 1.807) is 30.3 Å². The lowest BCUT2D eigenvalue weighted by Crippen LogP contribution is -2.66. The zero-order valence-electron chi connectivity index (χ0n) is 14.8. The van der Waals surface area contributed by atoms with Gasteiger partial charge in [0.15, 0.2) is 5.78 Å². The number of nitrogens with zero attached hydrogens (tertiary/aromatic N) is 1. The van der Waals surface area contributed by atoms with Gasteiger partial charge in [0.2, 0.25) is 11.8 Å². The van der Waals surface area contributed by atoms with E-state index in [1.807, 2.05) is 30.3 Å². The molecule has 0 aliphatic carbocycles. The fourth-order valence-corrected chi connectivity index (χ4v) is 3.15. The highest BCUT2D eigenvalue weighted by atomic mass is 16.5. The molecule has 0 N–H and O–H groups in total. The summed E-state index contributed by atoms with van der Waals surface area (Å²) in [6, 6.07) is 16.6. The van der Waals surface area contributed by atoms with Crippen molar-refractivity contribution >= 4 is 23.6 Å². The van der Waals surface area contributed by atoms with Crippen molar-refractivity contribution in [1.29, 1.82) is 0 Å². The molecule has 0 unspecified atom stereocenters. The van der Waals surface area contributed by atoms with Crippen LogP contribution < -0.4 is 0 Å². The van der Waals surface area contributed by atoms with Crippen LogP contribution in [-0.4, -0.2) is 34.5 Å². The van der Waals surface area contributed by atoms with E-state index in [2.05, 4.69) is 0 Å². The SMILES string of the molecule is CC(=O)N1C(=O)[C@H](CC(=O)OCc2ccccc2)[C@@H]1C(=O)c1ccccc1. The monoisotopic (exact) mass is 365 g/mol. The predicted octanol–water partition coefficient (Wildman–Crippen LogP) is 2.38. The zero-order chi connectivity index (χ0) is 19.4. The van der Waals surface area contributed by atoms with E-state index in [9.17, 15) is 19.2 Å². The molecule has 2 aromatic rings. The molecule has 2 atom stereocenters. The maximum Gasteiger partial charge on any atom is 0.307 e. The van der Waals surface area contributed by atoms with Crippen molar-refractivity contribution in [2.24, 2.45) is 5.92 Å². The maximum atomic E-state index is 12.8. The Balaban J connectivity index is 1.69. The van der Waals surface area contributed by atoms with Gasteiger partial charge in [-0.2, -0.15) is 0 Å². The molecule has 1 aliphatic rings. The topological polar surface area (TPSA) is 80.8 Å². The van der Waals surface area contributed by atoms with Gasteiger partial charge in [-0.15, -0.1) is 0 Å². The Labute approximate surface area is 156 Å². The first kappa shape index (κ1) is 18.5. The minimum absolute atomic E-state index is 0.0916. The van der Waals surface area contributed by atoms with Gasteiger partial charge in [0.05, 0.1) is 12.3 Å². The van der Waals surface area contributed by atoms with Crippen LogP contribution in [0.4, 0.5) is 0 Å². The highest BCUT2D eigenvalue weighted by Crippen LogP contribution is 2.32. The van der Waals surface area contributed by atoms with Crippen molar-refractivity contribution in [3.8, 4) is 0 Å². The summed E-state index contributed by atoms with van der Waals surface area (Å²) in [5.41, 5.74) is 1.22. The van der Waals surface area contributed by atoms with Gasteiger partial charge in [-0.25, -0.2) is 0 Å².